The number of carbonyl (C=O) groups excluding carboxylic acids is 1. The van der Waals surface area contributed by atoms with Gasteiger partial charge in [-0.15, -0.1) is 11.3 Å². The van der Waals surface area contributed by atoms with Crippen molar-refractivity contribution in [2.75, 3.05) is 6.54 Å². The van der Waals surface area contributed by atoms with Gasteiger partial charge >= 0.3 is 0 Å². The van der Waals surface area contributed by atoms with Crippen LogP contribution >= 0.6 is 11.3 Å². The van der Waals surface area contributed by atoms with E-state index >= 15 is 0 Å². The van der Waals surface area contributed by atoms with E-state index in [1.807, 2.05) is 6.20 Å². The van der Waals surface area contributed by atoms with Gasteiger partial charge in [0.1, 0.15) is 5.01 Å². The highest BCUT2D eigenvalue weighted by atomic mass is 32.1. The van der Waals surface area contributed by atoms with Crippen molar-refractivity contribution < 1.29 is 4.79 Å². The number of hydrogen-bond donors (Lipinski definition) is 2. The molecular weight excluding hydrogens is 234 g/mol. The molecule has 1 aliphatic heterocycles. The second-order valence-electron chi connectivity index (χ2n) is 4.35. The molecule has 2 heterocycles. The lowest BCUT2D eigenvalue weighted by molar-refractivity contribution is -0.121. The summed E-state index contributed by atoms with van der Waals surface area (Å²) >= 11 is 1.68. The second kappa shape index (κ2) is 6.12. The van der Waals surface area contributed by atoms with Gasteiger partial charge in [-0.25, -0.2) is 4.98 Å². The summed E-state index contributed by atoms with van der Waals surface area (Å²) in [5.41, 5.74) is 0. The Bertz CT molecular complexity index is 372. The molecule has 1 atom stereocenters. The number of carbonyl (C=O) groups is 1. The van der Waals surface area contributed by atoms with Crippen LogP contribution in [-0.2, 0) is 17.8 Å². The first-order valence-corrected chi connectivity index (χ1v) is 7.03. The van der Waals surface area contributed by atoms with Crippen molar-refractivity contribution in [2.45, 2.75) is 45.2 Å². The second-order valence-corrected chi connectivity index (χ2v) is 5.55. The van der Waals surface area contributed by atoms with E-state index in [0.29, 0.717) is 19.0 Å². The molecule has 1 unspecified atom stereocenters. The maximum Gasteiger partial charge on any atom is 0.221 e. The zero-order valence-corrected chi connectivity index (χ0v) is 11.0. The zero-order chi connectivity index (χ0) is 12.1. The third-order valence-electron chi connectivity index (χ3n) is 2.98. The monoisotopic (exact) mass is 253 g/mol. The number of amides is 1. The molecular formula is C12H19N3OS. The molecule has 17 heavy (non-hydrogen) atoms. The predicted octanol–water partition coefficient (Wildman–Crippen LogP) is 1.46. The third kappa shape index (κ3) is 3.78. The Morgan fingerprint density at radius 3 is 3.24 bits per heavy atom. The summed E-state index contributed by atoms with van der Waals surface area (Å²) in [4.78, 5) is 17.2. The maximum absolute atomic E-state index is 11.7. The van der Waals surface area contributed by atoms with Crippen LogP contribution in [0.3, 0.4) is 0 Å². The molecule has 2 N–H and O–H groups in total. The molecule has 1 aliphatic rings. The van der Waals surface area contributed by atoms with E-state index in [4.69, 9.17) is 0 Å². The lowest BCUT2D eigenvalue weighted by Crippen LogP contribution is -2.31. The van der Waals surface area contributed by atoms with Gasteiger partial charge in [-0.2, -0.15) is 0 Å². The minimum Gasteiger partial charge on any atom is -0.350 e. The smallest absolute Gasteiger partial charge is 0.221 e. The van der Waals surface area contributed by atoms with Crippen LogP contribution in [-0.4, -0.2) is 23.5 Å². The van der Waals surface area contributed by atoms with E-state index in [0.717, 1.165) is 24.4 Å². The van der Waals surface area contributed by atoms with Crippen LogP contribution in [0.5, 0.6) is 0 Å². The van der Waals surface area contributed by atoms with Crippen LogP contribution in [0.1, 0.15) is 36.1 Å². The summed E-state index contributed by atoms with van der Waals surface area (Å²) in [5, 5.41) is 7.25. The van der Waals surface area contributed by atoms with Gasteiger partial charge in [-0.1, -0.05) is 6.92 Å². The fourth-order valence-electron chi connectivity index (χ4n) is 1.99. The summed E-state index contributed by atoms with van der Waals surface area (Å²) in [6.07, 6.45) is 5.79. The fourth-order valence-corrected chi connectivity index (χ4v) is 2.80. The Kier molecular flexibility index (Phi) is 4.50. The van der Waals surface area contributed by atoms with Crippen molar-refractivity contribution >= 4 is 17.2 Å². The van der Waals surface area contributed by atoms with Crippen LogP contribution < -0.4 is 10.6 Å². The standard InChI is InChI=1S/C12H19N3OS/c1-2-10-7-15-12(17-10)8-14-11(16)6-9-4-3-5-13-9/h7,9,13H,2-6,8H2,1H3,(H,14,16). The van der Waals surface area contributed by atoms with Gasteiger partial charge in [0, 0.05) is 23.5 Å². The van der Waals surface area contributed by atoms with Crippen LogP contribution in [0.4, 0.5) is 0 Å². The number of hydrogen-bond acceptors (Lipinski definition) is 4. The Hall–Kier alpha value is -0.940. The molecule has 2 rings (SSSR count). The molecule has 1 amide bonds. The molecule has 1 aromatic heterocycles. The van der Waals surface area contributed by atoms with E-state index < -0.39 is 0 Å². The molecule has 1 saturated heterocycles. The molecule has 0 saturated carbocycles. The molecule has 0 bridgehead atoms. The topological polar surface area (TPSA) is 54.0 Å². The van der Waals surface area contributed by atoms with Gasteiger partial charge in [-0.3, -0.25) is 4.79 Å². The van der Waals surface area contributed by atoms with E-state index in [9.17, 15) is 4.79 Å². The minimum atomic E-state index is 0.123. The molecule has 1 aromatic rings. The van der Waals surface area contributed by atoms with Crippen molar-refractivity contribution in [1.29, 1.82) is 0 Å². The molecule has 94 valence electrons. The molecule has 5 heteroatoms. The number of aryl methyl sites for hydroxylation is 1. The van der Waals surface area contributed by atoms with Crippen molar-refractivity contribution in [2.24, 2.45) is 0 Å². The van der Waals surface area contributed by atoms with Crippen LogP contribution in [0.2, 0.25) is 0 Å². The Morgan fingerprint density at radius 1 is 1.71 bits per heavy atom. The Balaban J connectivity index is 1.71. The van der Waals surface area contributed by atoms with Crippen LogP contribution in [0.25, 0.3) is 0 Å². The lowest BCUT2D eigenvalue weighted by atomic mass is 10.1. The van der Waals surface area contributed by atoms with Gasteiger partial charge in [0.15, 0.2) is 0 Å². The van der Waals surface area contributed by atoms with Crippen molar-refractivity contribution in [3.8, 4) is 0 Å². The lowest BCUT2D eigenvalue weighted by Gasteiger charge is -2.09. The number of nitrogens with zero attached hydrogens (tertiary/aromatic N) is 1. The third-order valence-corrected chi connectivity index (χ3v) is 4.12. The molecule has 0 radical (unpaired) electrons. The van der Waals surface area contributed by atoms with Crippen molar-refractivity contribution in [3.05, 3.63) is 16.1 Å². The first kappa shape index (κ1) is 12.5. The summed E-state index contributed by atoms with van der Waals surface area (Å²) in [5.74, 6) is 0.123. The zero-order valence-electron chi connectivity index (χ0n) is 10.2. The highest BCUT2D eigenvalue weighted by molar-refractivity contribution is 7.11. The molecule has 0 aliphatic carbocycles. The largest absolute Gasteiger partial charge is 0.350 e. The van der Waals surface area contributed by atoms with Crippen LogP contribution in [0.15, 0.2) is 6.20 Å². The number of thiazole rings is 1. The van der Waals surface area contributed by atoms with E-state index in [2.05, 4.69) is 22.5 Å². The van der Waals surface area contributed by atoms with Gasteiger partial charge in [0.25, 0.3) is 0 Å². The fraction of sp³-hybridized carbons (Fsp3) is 0.667. The van der Waals surface area contributed by atoms with E-state index in [-0.39, 0.29) is 5.91 Å². The first-order chi connectivity index (χ1) is 8.28. The highest BCUT2D eigenvalue weighted by Gasteiger charge is 2.17. The Labute approximate surface area is 106 Å². The van der Waals surface area contributed by atoms with Gasteiger partial charge in [0.05, 0.1) is 6.54 Å². The average molecular weight is 253 g/mol. The minimum absolute atomic E-state index is 0.123. The summed E-state index contributed by atoms with van der Waals surface area (Å²) in [6.45, 7) is 3.72. The summed E-state index contributed by atoms with van der Waals surface area (Å²) in [7, 11) is 0. The quantitative estimate of drug-likeness (QED) is 0.835. The number of nitrogens with one attached hydrogen (secondary N) is 2. The Morgan fingerprint density at radius 2 is 2.59 bits per heavy atom. The van der Waals surface area contributed by atoms with Gasteiger partial charge < -0.3 is 10.6 Å². The normalized spacial score (nSPS) is 19.5. The molecule has 0 aromatic carbocycles. The van der Waals surface area contributed by atoms with E-state index in [1.165, 1.54) is 11.3 Å². The summed E-state index contributed by atoms with van der Waals surface area (Å²) in [6, 6.07) is 0.373. The van der Waals surface area contributed by atoms with E-state index in [1.54, 1.807) is 11.3 Å². The van der Waals surface area contributed by atoms with Gasteiger partial charge in [-0.05, 0) is 25.8 Å². The maximum atomic E-state index is 11.7. The summed E-state index contributed by atoms with van der Waals surface area (Å²) < 4.78 is 0. The molecule has 0 spiro atoms. The first-order valence-electron chi connectivity index (χ1n) is 6.21. The van der Waals surface area contributed by atoms with Crippen molar-refractivity contribution in [1.82, 2.24) is 15.6 Å². The molecule has 4 nitrogen and oxygen atoms in total. The van der Waals surface area contributed by atoms with Gasteiger partial charge in [0.2, 0.25) is 5.91 Å². The predicted molar refractivity (Wildman–Crippen MR) is 69.0 cm³/mol. The van der Waals surface area contributed by atoms with Crippen molar-refractivity contribution in [3.63, 3.8) is 0 Å². The average Bonchev–Trinajstić information content (AvgIpc) is 2.96. The highest BCUT2D eigenvalue weighted by Crippen LogP contribution is 2.13. The number of rotatable bonds is 5. The number of aromatic nitrogens is 1. The SMILES string of the molecule is CCc1cnc(CNC(=O)CC2CCCN2)s1. The molecule has 1 fully saturated rings. The van der Waals surface area contributed by atoms with Crippen LogP contribution in [0, 0.1) is 0 Å².